The fraction of sp³-hybridized carbons (Fsp3) is 0.364. The molecule has 0 fully saturated rings. The lowest BCUT2D eigenvalue weighted by molar-refractivity contribution is 0.306. The van der Waals surface area contributed by atoms with Gasteiger partial charge in [0.05, 0.1) is 6.54 Å². The summed E-state index contributed by atoms with van der Waals surface area (Å²) in [6.07, 6.45) is 1.01. The van der Waals surface area contributed by atoms with Crippen LogP contribution in [-0.2, 0) is 19.6 Å². The summed E-state index contributed by atoms with van der Waals surface area (Å²) < 4.78 is 12.1. The Bertz CT molecular complexity index is 806. The Balaban J connectivity index is 1.86. The Morgan fingerprint density at radius 1 is 1.08 bits per heavy atom. The van der Waals surface area contributed by atoms with Crippen LogP contribution >= 0.6 is 0 Å². The number of hydrogen-bond donors (Lipinski definition) is 1. The van der Waals surface area contributed by atoms with E-state index in [2.05, 4.69) is 44.3 Å². The third kappa shape index (κ3) is 4.43. The first kappa shape index (κ1) is 17.6. The van der Waals surface area contributed by atoms with Crippen LogP contribution in [-0.4, -0.2) is 6.54 Å². The third-order valence-corrected chi connectivity index (χ3v) is 4.24. The van der Waals surface area contributed by atoms with Gasteiger partial charge in [-0.1, -0.05) is 51.1 Å². The van der Waals surface area contributed by atoms with E-state index in [1.165, 1.54) is 16.5 Å². The van der Waals surface area contributed by atoms with Crippen molar-refractivity contribution >= 4 is 11.0 Å². The number of fused-ring (bicyclic) bond motifs is 1. The van der Waals surface area contributed by atoms with Crippen LogP contribution in [0, 0.1) is 5.92 Å². The van der Waals surface area contributed by atoms with Crippen molar-refractivity contribution in [2.75, 3.05) is 6.54 Å². The predicted octanol–water partition coefficient (Wildman–Crippen LogP) is 5.32. The normalized spacial score (nSPS) is 11.4. The lowest BCUT2D eigenvalue weighted by Crippen LogP contribution is -2.12. The van der Waals surface area contributed by atoms with E-state index in [9.17, 15) is 0 Å². The van der Waals surface area contributed by atoms with Crippen LogP contribution in [0.4, 0.5) is 0 Å². The molecule has 2 aromatic carbocycles. The molecule has 1 N–H and O–H groups in total. The number of ether oxygens (including phenoxy) is 1. The topological polar surface area (TPSA) is 34.4 Å². The molecule has 0 aliphatic carbocycles. The Morgan fingerprint density at radius 2 is 1.88 bits per heavy atom. The molecular weight excluding hydrogens is 310 g/mol. The maximum absolute atomic E-state index is 6.10. The molecular formula is C22H27NO2. The Labute approximate surface area is 150 Å². The standard InChI is InChI=1S/C22H27NO2/c1-4-23-14-22-19(12-16(2)3)20-13-18(10-11-21(20)25-22)24-15-17-8-6-5-7-9-17/h5-11,13,16,23H,4,12,14-15H2,1-3H3. The maximum atomic E-state index is 6.10. The van der Waals surface area contributed by atoms with Crippen molar-refractivity contribution in [3.63, 3.8) is 0 Å². The maximum Gasteiger partial charge on any atom is 0.134 e. The molecule has 132 valence electrons. The Hall–Kier alpha value is -2.26. The van der Waals surface area contributed by atoms with Crippen molar-refractivity contribution in [1.29, 1.82) is 0 Å². The zero-order valence-corrected chi connectivity index (χ0v) is 15.3. The summed E-state index contributed by atoms with van der Waals surface area (Å²) in [5.74, 6) is 2.51. The second-order valence-corrected chi connectivity index (χ2v) is 6.81. The zero-order valence-electron chi connectivity index (χ0n) is 15.3. The largest absolute Gasteiger partial charge is 0.489 e. The molecule has 3 nitrogen and oxygen atoms in total. The molecule has 3 heteroatoms. The summed E-state index contributed by atoms with van der Waals surface area (Å²) in [7, 11) is 0. The average molecular weight is 337 g/mol. The zero-order chi connectivity index (χ0) is 17.6. The molecule has 0 saturated carbocycles. The molecule has 0 amide bonds. The molecule has 0 bridgehead atoms. The molecule has 25 heavy (non-hydrogen) atoms. The van der Waals surface area contributed by atoms with Gasteiger partial charge in [-0.25, -0.2) is 0 Å². The van der Waals surface area contributed by atoms with Gasteiger partial charge < -0.3 is 14.5 Å². The van der Waals surface area contributed by atoms with Crippen molar-refractivity contribution < 1.29 is 9.15 Å². The van der Waals surface area contributed by atoms with Gasteiger partial charge in [0.25, 0.3) is 0 Å². The van der Waals surface area contributed by atoms with E-state index in [0.29, 0.717) is 12.5 Å². The molecule has 3 rings (SSSR count). The molecule has 0 aliphatic rings. The van der Waals surface area contributed by atoms with Crippen LogP contribution < -0.4 is 10.1 Å². The minimum Gasteiger partial charge on any atom is -0.489 e. The Kier molecular flexibility index (Phi) is 5.77. The van der Waals surface area contributed by atoms with Gasteiger partial charge in [0.15, 0.2) is 0 Å². The molecule has 0 atom stereocenters. The quantitative estimate of drug-likeness (QED) is 0.604. The van der Waals surface area contributed by atoms with Gasteiger partial charge in [0.2, 0.25) is 0 Å². The molecule has 0 radical (unpaired) electrons. The number of rotatable bonds is 8. The second kappa shape index (κ2) is 8.21. The first-order valence-electron chi connectivity index (χ1n) is 9.09. The van der Waals surface area contributed by atoms with Gasteiger partial charge in [0, 0.05) is 10.9 Å². The van der Waals surface area contributed by atoms with Crippen molar-refractivity contribution in [1.82, 2.24) is 5.32 Å². The summed E-state index contributed by atoms with van der Waals surface area (Å²) in [5, 5.41) is 4.55. The molecule has 0 saturated heterocycles. The summed E-state index contributed by atoms with van der Waals surface area (Å²) in [6.45, 7) is 8.88. The second-order valence-electron chi connectivity index (χ2n) is 6.81. The highest BCUT2D eigenvalue weighted by Gasteiger charge is 2.16. The molecule has 0 aliphatic heterocycles. The lowest BCUT2D eigenvalue weighted by Gasteiger charge is -2.08. The van der Waals surface area contributed by atoms with Crippen molar-refractivity contribution in [2.45, 2.75) is 40.3 Å². The van der Waals surface area contributed by atoms with Crippen LogP contribution in [0.15, 0.2) is 52.9 Å². The van der Waals surface area contributed by atoms with E-state index < -0.39 is 0 Å². The van der Waals surface area contributed by atoms with E-state index in [0.717, 1.165) is 36.6 Å². The summed E-state index contributed by atoms with van der Waals surface area (Å²) in [6, 6.07) is 16.4. The smallest absolute Gasteiger partial charge is 0.134 e. The van der Waals surface area contributed by atoms with Crippen LogP contribution in [0.1, 0.15) is 37.7 Å². The average Bonchev–Trinajstić information content (AvgIpc) is 2.95. The number of hydrogen-bond acceptors (Lipinski definition) is 3. The highest BCUT2D eigenvalue weighted by Crippen LogP contribution is 2.31. The number of nitrogens with one attached hydrogen (secondary N) is 1. The number of furan rings is 1. The summed E-state index contributed by atoms with van der Waals surface area (Å²) >= 11 is 0. The Morgan fingerprint density at radius 3 is 2.60 bits per heavy atom. The van der Waals surface area contributed by atoms with Crippen LogP contribution in [0.3, 0.4) is 0 Å². The highest BCUT2D eigenvalue weighted by molar-refractivity contribution is 5.83. The van der Waals surface area contributed by atoms with Crippen LogP contribution in [0.2, 0.25) is 0 Å². The molecule has 0 spiro atoms. The SMILES string of the molecule is CCNCc1oc2ccc(OCc3ccccc3)cc2c1CC(C)C. The highest BCUT2D eigenvalue weighted by atomic mass is 16.5. The first-order chi connectivity index (χ1) is 12.2. The van der Waals surface area contributed by atoms with Gasteiger partial charge in [-0.15, -0.1) is 0 Å². The summed E-state index contributed by atoms with van der Waals surface area (Å²) in [4.78, 5) is 0. The molecule has 1 aromatic heterocycles. The van der Waals surface area contributed by atoms with Crippen molar-refractivity contribution in [3.05, 3.63) is 65.4 Å². The monoisotopic (exact) mass is 337 g/mol. The fourth-order valence-electron chi connectivity index (χ4n) is 3.02. The minimum absolute atomic E-state index is 0.577. The van der Waals surface area contributed by atoms with Gasteiger partial charge in [-0.2, -0.15) is 0 Å². The predicted molar refractivity (Wildman–Crippen MR) is 103 cm³/mol. The van der Waals surface area contributed by atoms with Gasteiger partial charge in [0.1, 0.15) is 23.7 Å². The van der Waals surface area contributed by atoms with Gasteiger partial charge in [-0.3, -0.25) is 0 Å². The van der Waals surface area contributed by atoms with E-state index in [1.807, 2.05) is 30.3 Å². The fourth-order valence-corrected chi connectivity index (χ4v) is 3.02. The number of benzene rings is 2. The van der Waals surface area contributed by atoms with Crippen LogP contribution in [0.5, 0.6) is 5.75 Å². The van der Waals surface area contributed by atoms with Crippen molar-refractivity contribution in [3.8, 4) is 5.75 Å². The minimum atomic E-state index is 0.577. The lowest BCUT2D eigenvalue weighted by atomic mass is 9.99. The molecule has 1 heterocycles. The van der Waals surface area contributed by atoms with Crippen molar-refractivity contribution in [2.24, 2.45) is 5.92 Å². The van der Waals surface area contributed by atoms with Crippen LogP contribution in [0.25, 0.3) is 11.0 Å². The first-order valence-corrected chi connectivity index (χ1v) is 9.09. The van der Waals surface area contributed by atoms with Gasteiger partial charge in [-0.05, 0) is 42.6 Å². The molecule has 0 unspecified atom stereocenters. The third-order valence-electron chi connectivity index (χ3n) is 4.24. The van der Waals surface area contributed by atoms with E-state index in [4.69, 9.17) is 9.15 Å². The van der Waals surface area contributed by atoms with Gasteiger partial charge >= 0.3 is 0 Å². The molecule has 3 aromatic rings. The van der Waals surface area contributed by atoms with E-state index in [1.54, 1.807) is 0 Å². The van der Waals surface area contributed by atoms with E-state index in [-0.39, 0.29) is 0 Å². The summed E-state index contributed by atoms with van der Waals surface area (Å²) in [5.41, 5.74) is 3.41. The van der Waals surface area contributed by atoms with E-state index >= 15 is 0 Å².